The Bertz CT molecular complexity index is 546. The van der Waals surface area contributed by atoms with Gasteiger partial charge in [0.2, 0.25) is 5.91 Å². The fraction of sp³-hybridized carbons (Fsp3) is 0.333. The average Bonchev–Trinajstić information content (AvgIpc) is 2.38. The van der Waals surface area contributed by atoms with Crippen LogP contribution in [0.4, 0.5) is 11.4 Å². The molecule has 0 aromatic heterocycles. The Balaban J connectivity index is 2.40. The monoisotopic (exact) mass is 263 g/mol. The van der Waals surface area contributed by atoms with Crippen molar-refractivity contribution in [2.75, 3.05) is 18.0 Å². The van der Waals surface area contributed by atoms with E-state index in [1.54, 1.807) is 4.90 Å². The second-order valence-electron chi connectivity index (χ2n) is 4.35. The summed E-state index contributed by atoms with van der Waals surface area (Å²) in [6, 6.07) is 4.02. The molecule has 1 aliphatic heterocycles. The van der Waals surface area contributed by atoms with Crippen LogP contribution in [0.15, 0.2) is 18.2 Å². The quantitative estimate of drug-likeness (QED) is 0.643. The van der Waals surface area contributed by atoms with Crippen molar-refractivity contribution in [2.24, 2.45) is 5.73 Å². The first kappa shape index (κ1) is 13.0. The summed E-state index contributed by atoms with van der Waals surface area (Å²) < 4.78 is 0. The number of Topliss-reactive ketones (excluding diaryl/α,β-unsaturated/α-hetero) is 1. The van der Waals surface area contributed by atoms with Gasteiger partial charge >= 0.3 is 0 Å². The number of amides is 1. The zero-order chi connectivity index (χ0) is 14.0. The molecule has 0 aliphatic carbocycles. The molecule has 0 spiro atoms. The zero-order valence-electron chi connectivity index (χ0n) is 10.2. The van der Waals surface area contributed by atoms with E-state index in [-0.39, 0.29) is 17.0 Å². The van der Waals surface area contributed by atoms with Crippen LogP contribution < -0.4 is 10.6 Å². The van der Waals surface area contributed by atoms with E-state index < -0.39 is 10.8 Å². The van der Waals surface area contributed by atoms with E-state index in [0.29, 0.717) is 31.6 Å². The highest BCUT2D eigenvalue weighted by molar-refractivity contribution is 5.94. The van der Waals surface area contributed by atoms with Gasteiger partial charge in [-0.2, -0.15) is 0 Å². The number of nitro benzene ring substituents is 1. The predicted octanol–water partition coefficient (Wildman–Crippen LogP) is 0.863. The van der Waals surface area contributed by atoms with E-state index in [9.17, 15) is 19.7 Å². The SMILES string of the molecule is NC(=O)c1ccc([N+](=O)[O-])c(N2CCC(=O)CC2)c1. The summed E-state index contributed by atoms with van der Waals surface area (Å²) in [5, 5.41) is 11.0. The molecule has 2 N–H and O–H groups in total. The molecule has 1 fully saturated rings. The van der Waals surface area contributed by atoms with E-state index in [1.807, 2.05) is 0 Å². The largest absolute Gasteiger partial charge is 0.366 e. The lowest BCUT2D eigenvalue weighted by Crippen LogP contribution is -2.34. The molecule has 0 bridgehead atoms. The second-order valence-corrected chi connectivity index (χ2v) is 4.35. The lowest BCUT2D eigenvalue weighted by Gasteiger charge is -2.27. The number of anilines is 1. The number of nitrogens with zero attached hydrogens (tertiary/aromatic N) is 2. The summed E-state index contributed by atoms with van der Waals surface area (Å²) in [7, 11) is 0. The van der Waals surface area contributed by atoms with Gasteiger partial charge in [0.15, 0.2) is 0 Å². The number of nitro groups is 1. The standard InChI is InChI=1S/C12H13N3O4/c13-12(17)8-1-2-10(15(18)19)11(7-8)14-5-3-9(16)4-6-14/h1-2,7H,3-6H2,(H2,13,17). The first-order valence-electron chi connectivity index (χ1n) is 5.84. The molecule has 1 aromatic carbocycles. The smallest absolute Gasteiger partial charge is 0.292 e. The van der Waals surface area contributed by atoms with Gasteiger partial charge in [0.1, 0.15) is 11.5 Å². The first-order valence-corrected chi connectivity index (χ1v) is 5.84. The normalized spacial score (nSPS) is 15.4. The third-order valence-corrected chi connectivity index (χ3v) is 3.12. The summed E-state index contributed by atoms with van der Waals surface area (Å²) in [6.45, 7) is 0.837. The Morgan fingerprint density at radius 1 is 1.32 bits per heavy atom. The van der Waals surface area contributed by atoms with Crippen LogP contribution in [0.2, 0.25) is 0 Å². The molecule has 1 aromatic rings. The van der Waals surface area contributed by atoms with Crippen molar-refractivity contribution in [3.8, 4) is 0 Å². The van der Waals surface area contributed by atoms with Gasteiger partial charge in [-0.1, -0.05) is 0 Å². The van der Waals surface area contributed by atoms with Crippen LogP contribution in [-0.2, 0) is 4.79 Å². The molecule has 0 saturated carbocycles. The van der Waals surface area contributed by atoms with Crippen molar-refractivity contribution >= 4 is 23.1 Å². The number of carbonyl (C=O) groups is 2. The molecule has 1 aliphatic rings. The maximum Gasteiger partial charge on any atom is 0.292 e. The van der Waals surface area contributed by atoms with Crippen LogP contribution >= 0.6 is 0 Å². The van der Waals surface area contributed by atoms with Crippen molar-refractivity contribution in [2.45, 2.75) is 12.8 Å². The van der Waals surface area contributed by atoms with Gasteiger partial charge in [0, 0.05) is 37.6 Å². The van der Waals surface area contributed by atoms with Crippen molar-refractivity contribution in [1.82, 2.24) is 0 Å². The van der Waals surface area contributed by atoms with Crippen LogP contribution in [0.3, 0.4) is 0 Å². The zero-order valence-corrected chi connectivity index (χ0v) is 10.2. The van der Waals surface area contributed by atoms with Gasteiger partial charge in [0.25, 0.3) is 5.69 Å². The fourth-order valence-electron chi connectivity index (χ4n) is 2.08. The van der Waals surface area contributed by atoms with Crippen molar-refractivity contribution in [1.29, 1.82) is 0 Å². The first-order chi connectivity index (χ1) is 8.99. The minimum atomic E-state index is -0.635. The molecule has 100 valence electrons. The average molecular weight is 263 g/mol. The highest BCUT2D eigenvalue weighted by Crippen LogP contribution is 2.30. The number of rotatable bonds is 3. The maximum absolute atomic E-state index is 11.2. The lowest BCUT2D eigenvalue weighted by molar-refractivity contribution is -0.384. The molecule has 7 heteroatoms. The molecule has 1 saturated heterocycles. The van der Waals surface area contributed by atoms with E-state index in [4.69, 9.17) is 5.73 Å². The van der Waals surface area contributed by atoms with Crippen LogP contribution in [0, 0.1) is 10.1 Å². The molecule has 7 nitrogen and oxygen atoms in total. The fourth-order valence-corrected chi connectivity index (χ4v) is 2.08. The van der Waals surface area contributed by atoms with E-state index in [2.05, 4.69) is 0 Å². The van der Waals surface area contributed by atoms with Crippen molar-refractivity contribution in [3.05, 3.63) is 33.9 Å². The minimum Gasteiger partial charge on any atom is -0.366 e. The van der Waals surface area contributed by atoms with Crippen molar-refractivity contribution in [3.63, 3.8) is 0 Å². The van der Waals surface area contributed by atoms with Crippen molar-refractivity contribution < 1.29 is 14.5 Å². The minimum absolute atomic E-state index is 0.0839. The number of carbonyl (C=O) groups excluding carboxylic acids is 2. The topological polar surface area (TPSA) is 107 Å². The Morgan fingerprint density at radius 3 is 2.47 bits per heavy atom. The highest BCUT2D eigenvalue weighted by atomic mass is 16.6. The molecule has 1 amide bonds. The number of hydrogen-bond donors (Lipinski definition) is 1. The molecule has 2 rings (SSSR count). The van der Waals surface area contributed by atoms with Gasteiger partial charge in [-0.05, 0) is 12.1 Å². The van der Waals surface area contributed by atoms with Crippen LogP contribution in [-0.4, -0.2) is 29.7 Å². The summed E-state index contributed by atoms with van der Waals surface area (Å²) in [4.78, 5) is 34.6. The van der Waals surface area contributed by atoms with E-state index >= 15 is 0 Å². The summed E-state index contributed by atoms with van der Waals surface area (Å²) in [5.41, 5.74) is 5.66. The summed E-state index contributed by atoms with van der Waals surface area (Å²) >= 11 is 0. The molecule has 0 unspecified atom stereocenters. The van der Waals surface area contributed by atoms with Gasteiger partial charge in [-0.25, -0.2) is 0 Å². The maximum atomic E-state index is 11.2. The number of nitrogens with two attached hydrogens (primary N) is 1. The Hall–Kier alpha value is -2.44. The second kappa shape index (κ2) is 5.05. The Morgan fingerprint density at radius 2 is 1.95 bits per heavy atom. The lowest BCUT2D eigenvalue weighted by atomic mass is 10.1. The molecule has 0 radical (unpaired) electrons. The number of piperidine rings is 1. The molecule has 0 atom stereocenters. The predicted molar refractivity (Wildman–Crippen MR) is 68.1 cm³/mol. The summed E-state index contributed by atoms with van der Waals surface area (Å²) in [5.74, 6) is -0.491. The summed E-state index contributed by atoms with van der Waals surface area (Å²) in [6.07, 6.45) is 0.718. The molecular weight excluding hydrogens is 250 g/mol. The number of ketones is 1. The third-order valence-electron chi connectivity index (χ3n) is 3.12. The molecule has 19 heavy (non-hydrogen) atoms. The molecular formula is C12H13N3O4. The van der Waals surface area contributed by atoms with Crippen LogP contribution in [0.5, 0.6) is 0 Å². The Kier molecular flexibility index (Phi) is 3.46. The van der Waals surface area contributed by atoms with Gasteiger partial charge in [-0.3, -0.25) is 19.7 Å². The third kappa shape index (κ3) is 2.70. The van der Waals surface area contributed by atoms with Gasteiger partial charge in [-0.15, -0.1) is 0 Å². The Labute approximate surface area is 109 Å². The van der Waals surface area contributed by atoms with Gasteiger partial charge in [0.05, 0.1) is 4.92 Å². The number of benzene rings is 1. The van der Waals surface area contributed by atoms with Gasteiger partial charge < -0.3 is 10.6 Å². The molecule has 1 heterocycles. The highest BCUT2D eigenvalue weighted by Gasteiger charge is 2.24. The van der Waals surface area contributed by atoms with E-state index in [0.717, 1.165) is 0 Å². The number of hydrogen-bond acceptors (Lipinski definition) is 5. The van der Waals surface area contributed by atoms with Crippen LogP contribution in [0.1, 0.15) is 23.2 Å². The number of primary amides is 1. The van der Waals surface area contributed by atoms with Crippen LogP contribution in [0.25, 0.3) is 0 Å². The van der Waals surface area contributed by atoms with E-state index in [1.165, 1.54) is 18.2 Å².